The van der Waals surface area contributed by atoms with Gasteiger partial charge in [-0.05, 0) is 32.9 Å². The van der Waals surface area contributed by atoms with Gasteiger partial charge in [-0.15, -0.1) is 0 Å². The molecule has 0 aromatic heterocycles. The van der Waals surface area contributed by atoms with E-state index in [1.165, 1.54) is 36.8 Å². The van der Waals surface area contributed by atoms with Crippen LogP contribution in [-0.2, 0) is 6.54 Å². The van der Waals surface area contributed by atoms with Gasteiger partial charge >= 0.3 is 0 Å². The summed E-state index contributed by atoms with van der Waals surface area (Å²) in [7, 11) is 2.20. The van der Waals surface area contributed by atoms with E-state index in [0.717, 1.165) is 19.6 Å². The van der Waals surface area contributed by atoms with Crippen LogP contribution in [-0.4, -0.2) is 31.1 Å². The van der Waals surface area contributed by atoms with Crippen LogP contribution in [0.15, 0.2) is 24.3 Å². The van der Waals surface area contributed by atoms with Crippen molar-refractivity contribution in [2.45, 2.75) is 59.0 Å². The van der Waals surface area contributed by atoms with Crippen LogP contribution in [0.25, 0.3) is 0 Å². The Hall–Kier alpha value is -0.860. The maximum absolute atomic E-state index is 3.63. The zero-order chi connectivity index (χ0) is 14.8. The van der Waals surface area contributed by atoms with Gasteiger partial charge in [0.15, 0.2) is 0 Å². The molecule has 0 heterocycles. The summed E-state index contributed by atoms with van der Waals surface area (Å²) in [4.78, 5) is 2.39. The number of likely N-dealkylation sites (N-methyl/N-ethyl adjacent to an activating group) is 1. The van der Waals surface area contributed by atoms with Gasteiger partial charge in [0, 0.05) is 25.7 Å². The van der Waals surface area contributed by atoms with E-state index in [9.17, 15) is 0 Å². The molecule has 1 rings (SSSR count). The standard InChI is InChI=1S/C18H32N2/c1-5-6-7-8-17(3)19-13-14-20(4)15-18-11-9-16(2)10-12-18/h9-12,17,19H,5-8,13-15H2,1-4H3. The average Bonchev–Trinajstić information content (AvgIpc) is 2.42. The number of hydrogen-bond donors (Lipinski definition) is 1. The Bertz CT molecular complexity index is 345. The number of hydrogen-bond acceptors (Lipinski definition) is 2. The van der Waals surface area contributed by atoms with Gasteiger partial charge in [-0.1, -0.05) is 56.0 Å². The van der Waals surface area contributed by atoms with Crippen molar-refractivity contribution in [1.82, 2.24) is 10.2 Å². The fraction of sp³-hybridized carbons (Fsp3) is 0.667. The van der Waals surface area contributed by atoms with Crippen LogP contribution in [0.1, 0.15) is 50.7 Å². The van der Waals surface area contributed by atoms with Crippen LogP contribution in [0, 0.1) is 6.92 Å². The van der Waals surface area contributed by atoms with Crippen LogP contribution in [0.2, 0.25) is 0 Å². The Morgan fingerprint density at radius 1 is 1.15 bits per heavy atom. The molecular weight excluding hydrogens is 244 g/mol. The number of aryl methyl sites for hydroxylation is 1. The molecule has 1 aromatic rings. The third-order valence-electron chi connectivity index (χ3n) is 3.80. The average molecular weight is 276 g/mol. The lowest BCUT2D eigenvalue weighted by Gasteiger charge is -2.19. The van der Waals surface area contributed by atoms with E-state index >= 15 is 0 Å². The van der Waals surface area contributed by atoms with E-state index in [-0.39, 0.29) is 0 Å². The number of rotatable bonds is 10. The Balaban J connectivity index is 2.13. The smallest absolute Gasteiger partial charge is 0.0231 e. The Morgan fingerprint density at radius 3 is 2.50 bits per heavy atom. The molecule has 1 aromatic carbocycles. The van der Waals surface area contributed by atoms with Gasteiger partial charge < -0.3 is 10.2 Å². The maximum Gasteiger partial charge on any atom is 0.0231 e. The molecule has 0 saturated carbocycles. The van der Waals surface area contributed by atoms with Crippen molar-refractivity contribution >= 4 is 0 Å². The van der Waals surface area contributed by atoms with Crippen molar-refractivity contribution in [2.75, 3.05) is 20.1 Å². The Labute approximate surface area is 125 Å². The number of unbranched alkanes of at least 4 members (excludes halogenated alkanes) is 2. The first-order valence-corrected chi connectivity index (χ1v) is 8.09. The largest absolute Gasteiger partial charge is 0.313 e. The topological polar surface area (TPSA) is 15.3 Å². The van der Waals surface area contributed by atoms with E-state index in [1.54, 1.807) is 0 Å². The molecule has 114 valence electrons. The predicted molar refractivity (Wildman–Crippen MR) is 89.1 cm³/mol. The van der Waals surface area contributed by atoms with Gasteiger partial charge in [0.1, 0.15) is 0 Å². The van der Waals surface area contributed by atoms with Crippen LogP contribution in [0.5, 0.6) is 0 Å². The van der Waals surface area contributed by atoms with Crippen molar-refractivity contribution in [3.05, 3.63) is 35.4 Å². The molecule has 1 N–H and O–H groups in total. The zero-order valence-corrected chi connectivity index (χ0v) is 13.8. The van der Waals surface area contributed by atoms with E-state index in [0.29, 0.717) is 6.04 Å². The first kappa shape index (κ1) is 17.2. The minimum atomic E-state index is 0.648. The van der Waals surface area contributed by atoms with Crippen LogP contribution < -0.4 is 5.32 Å². The van der Waals surface area contributed by atoms with E-state index < -0.39 is 0 Å². The summed E-state index contributed by atoms with van der Waals surface area (Å²) < 4.78 is 0. The van der Waals surface area contributed by atoms with Gasteiger partial charge in [0.25, 0.3) is 0 Å². The first-order chi connectivity index (χ1) is 9.61. The van der Waals surface area contributed by atoms with Crippen molar-refractivity contribution in [3.8, 4) is 0 Å². The molecule has 0 saturated heterocycles. The van der Waals surface area contributed by atoms with Crippen molar-refractivity contribution < 1.29 is 0 Å². The van der Waals surface area contributed by atoms with Crippen LogP contribution in [0.3, 0.4) is 0 Å². The van der Waals surface area contributed by atoms with E-state index in [1.807, 2.05) is 0 Å². The summed E-state index contributed by atoms with van der Waals surface area (Å²) in [6.07, 6.45) is 5.32. The number of benzene rings is 1. The molecule has 0 amide bonds. The van der Waals surface area contributed by atoms with Gasteiger partial charge in [-0.3, -0.25) is 0 Å². The Morgan fingerprint density at radius 2 is 1.85 bits per heavy atom. The van der Waals surface area contributed by atoms with Gasteiger partial charge in [0.2, 0.25) is 0 Å². The SMILES string of the molecule is CCCCCC(C)NCCN(C)Cc1ccc(C)cc1. The molecule has 0 aliphatic heterocycles. The zero-order valence-electron chi connectivity index (χ0n) is 13.8. The second-order valence-corrected chi connectivity index (χ2v) is 6.07. The summed E-state index contributed by atoms with van der Waals surface area (Å²) in [6, 6.07) is 9.49. The molecule has 0 radical (unpaired) electrons. The van der Waals surface area contributed by atoms with Crippen molar-refractivity contribution in [3.63, 3.8) is 0 Å². The number of nitrogens with zero attached hydrogens (tertiary/aromatic N) is 1. The normalized spacial score (nSPS) is 12.8. The Kier molecular flexibility index (Phi) is 8.56. The summed E-state index contributed by atoms with van der Waals surface area (Å²) in [5, 5.41) is 3.63. The number of nitrogens with one attached hydrogen (secondary N) is 1. The quantitative estimate of drug-likeness (QED) is 0.650. The minimum Gasteiger partial charge on any atom is -0.313 e. The lowest BCUT2D eigenvalue weighted by molar-refractivity contribution is 0.315. The summed E-state index contributed by atoms with van der Waals surface area (Å²) in [5.74, 6) is 0. The third kappa shape index (κ3) is 7.66. The van der Waals surface area contributed by atoms with Gasteiger partial charge in [-0.25, -0.2) is 0 Å². The predicted octanol–water partition coefficient (Wildman–Crippen LogP) is 3.99. The summed E-state index contributed by atoms with van der Waals surface area (Å²) in [6.45, 7) is 9.92. The molecule has 20 heavy (non-hydrogen) atoms. The molecule has 2 heteroatoms. The van der Waals surface area contributed by atoms with Crippen molar-refractivity contribution in [2.24, 2.45) is 0 Å². The minimum absolute atomic E-state index is 0.648. The van der Waals surface area contributed by atoms with E-state index in [2.05, 4.69) is 62.3 Å². The van der Waals surface area contributed by atoms with Crippen LogP contribution in [0.4, 0.5) is 0 Å². The second-order valence-electron chi connectivity index (χ2n) is 6.07. The second kappa shape index (κ2) is 9.95. The van der Waals surface area contributed by atoms with Crippen molar-refractivity contribution in [1.29, 1.82) is 0 Å². The highest BCUT2D eigenvalue weighted by Gasteiger charge is 2.03. The van der Waals surface area contributed by atoms with Gasteiger partial charge in [0.05, 0.1) is 0 Å². The molecule has 0 aliphatic rings. The molecule has 1 unspecified atom stereocenters. The highest BCUT2D eigenvalue weighted by atomic mass is 15.1. The van der Waals surface area contributed by atoms with Crippen LogP contribution >= 0.6 is 0 Å². The monoisotopic (exact) mass is 276 g/mol. The first-order valence-electron chi connectivity index (χ1n) is 8.09. The summed E-state index contributed by atoms with van der Waals surface area (Å²) >= 11 is 0. The van der Waals surface area contributed by atoms with E-state index in [4.69, 9.17) is 0 Å². The summed E-state index contributed by atoms with van der Waals surface area (Å²) in [5.41, 5.74) is 2.73. The molecular formula is C18H32N2. The maximum atomic E-state index is 3.63. The third-order valence-corrected chi connectivity index (χ3v) is 3.80. The lowest BCUT2D eigenvalue weighted by atomic mass is 10.1. The fourth-order valence-electron chi connectivity index (χ4n) is 2.39. The molecule has 0 aliphatic carbocycles. The van der Waals surface area contributed by atoms with Gasteiger partial charge in [-0.2, -0.15) is 0 Å². The fourth-order valence-corrected chi connectivity index (χ4v) is 2.39. The highest BCUT2D eigenvalue weighted by molar-refractivity contribution is 5.21. The molecule has 0 spiro atoms. The highest BCUT2D eigenvalue weighted by Crippen LogP contribution is 2.06. The molecule has 2 nitrogen and oxygen atoms in total. The lowest BCUT2D eigenvalue weighted by Crippen LogP contribution is -2.34. The molecule has 0 bridgehead atoms. The molecule has 1 atom stereocenters. The molecule has 0 fully saturated rings.